The minimum atomic E-state index is 0.265. The zero-order valence-electron chi connectivity index (χ0n) is 16.9. The Morgan fingerprint density at radius 3 is 2.70 bits per heavy atom. The molecular formula is C20H33N5OS. The number of aryl methyl sites for hydroxylation is 2. The van der Waals surface area contributed by atoms with Crippen molar-refractivity contribution in [2.24, 2.45) is 10.9 Å². The van der Waals surface area contributed by atoms with E-state index in [-0.39, 0.29) is 12.0 Å². The molecule has 0 spiro atoms. The fourth-order valence-electron chi connectivity index (χ4n) is 4.17. The van der Waals surface area contributed by atoms with Gasteiger partial charge in [0.05, 0.1) is 10.7 Å². The van der Waals surface area contributed by atoms with Crippen LogP contribution < -0.4 is 10.6 Å². The van der Waals surface area contributed by atoms with Crippen LogP contribution >= 0.6 is 11.3 Å². The zero-order valence-corrected chi connectivity index (χ0v) is 17.7. The number of carbonyl (C=O) groups excluding carboxylic acids is 1. The third-order valence-electron chi connectivity index (χ3n) is 5.66. The molecule has 3 rings (SSSR count). The maximum Gasteiger partial charge on any atom is 0.225 e. The fourth-order valence-corrected chi connectivity index (χ4v) is 5.11. The first kappa shape index (κ1) is 20.1. The van der Waals surface area contributed by atoms with Gasteiger partial charge in [0.2, 0.25) is 5.91 Å². The molecule has 1 saturated heterocycles. The quantitative estimate of drug-likeness (QED) is 0.598. The van der Waals surface area contributed by atoms with Gasteiger partial charge in [0.15, 0.2) is 5.96 Å². The van der Waals surface area contributed by atoms with Crippen molar-refractivity contribution < 1.29 is 4.79 Å². The van der Waals surface area contributed by atoms with E-state index in [4.69, 9.17) is 0 Å². The number of likely N-dealkylation sites (tertiary alicyclic amines) is 1. The molecule has 1 aromatic rings. The van der Waals surface area contributed by atoms with Gasteiger partial charge >= 0.3 is 0 Å². The fraction of sp³-hybridized carbons (Fsp3) is 0.750. The molecule has 0 aromatic carbocycles. The van der Waals surface area contributed by atoms with Crippen LogP contribution in [0.25, 0.3) is 0 Å². The molecule has 6 nitrogen and oxygen atoms in total. The highest BCUT2D eigenvalue weighted by atomic mass is 32.1. The lowest BCUT2D eigenvalue weighted by Crippen LogP contribution is -2.46. The molecule has 2 fully saturated rings. The maximum absolute atomic E-state index is 12.7. The number of hydrogen-bond donors (Lipinski definition) is 2. The number of thiazole rings is 1. The van der Waals surface area contributed by atoms with Crippen molar-refractivity contribution in [3.8, 4) is 0 Å². The Morgan fingerprint density at radius 2 is 2.04 bits per heavy atom. The Morgan fingerprint density at radius 1 is 1.26 bits per heavy atom. The Hall–Kier alpha value is -1.63. The summed E-state index contributed by atoms with van der Waals surface area (Å²) in [4.78, 5) is 24.9. The van der Waals surface area contributed by atoms with E-state index in [1.54, 1.807) is 18.4 Å². The number of aromatic nitrogens is 1. The zero-order chi connectivity index (χ0) is 19.2. The van der Waals surface area contributed by atoms with Crippen molar-refractivity contribution >= 4 is 23.2 Å². The summed E-state index contributed by atoms with van der Waals surface area (Å²) < 4.78 is 0. The van der Waals surface area contributed by atoms with E-state index in [1.807, 2.05) is 0 Å². The van der Waals surface area contributed by atoms with E-state index in [1.165, 1.54) is 24.1 Å². The van der Waals surface area contributed by atoms with Gasteiger partial charge in [-0.05, 0) is 33.1 Å². The highest BCUT2D eigenvalue weighted by molar-refractivity contribution is 7.11. The third-order valence-corrected chi connectivity index (χ3v) is 6.80. The molecular weight excluding hydrogens is 358 g/mol. The molecule has 0 radical (unpaired) electrons. The van der Waals surface area contributed by atoms with E-state index < -0.39 is 0 Å². The summed E-state index contributed by atoms with van der Waals surface area (Å²) in [6.45, 7) is 6.62. The summed E-state index contributed by atoms with van der Waals surface area (Å²) in [5.41, 5.74) is 1.13. The van der Waals surface area contributed by atoms with Crippen molar-refractivity contribution in [1.82, 2.24) is 20.5 Å². The molecule has 1 saturated carbocycles. The average molecular weight is 392 g/mol. The van der Waals surface area contributed by atoms with E-state index >= 15 is 0 Å². The second kappa shape index (κ2) is 9.53. The number of nitrogens with zero attached hydrogens (tertiary/aromatic N) is 3. The van der Waals surface area contributed by atoms with Crippen molar-refractivity contribution in [3.63, 3.8) is 0 Å². The predicted molar refractivity (Wildman–Crippen MR) is 111 cm³/mol. The lowest BCUT2D eigenvalue weighted by Gasteiger charge is -2.26. The molecule has 1 atom stereocenters. The molecule has 2 heterocycles. The molecule has 7 heteroatoms. The minimum Gasteiger partial charge on any atom is -0.356 e. The van der Waals surface area contributed by atoms with Crippen molar-refractivity contribution in [3.05, 3.63) is 15.6 Å². The van der Waals surface area contributed by atoms with E-state index in [0.717, 1.165) is 62.0 Å². The summed E-state index contributed by atoms with van der Waals surface area (Å²) in [6.07, 6.45) is 7.81. The number of guanidine groups is 1. The molecule has 1 unspecified atom stereocenters. The van der Waals surface area contributed by atoms with E-state index in [2.05, 4.69) is 39.4 Å². The van der Waals surface area contributed by atoms with Crippen LogP contribution in [-0.4, -0.2) is 54.5 Å². The van der Waals surface area contributed by atoms with Crippen LogP contribution in [0, 0.1) is 19.8 Å². The summed E-state index contributed by atoms with van der Waals surface area (Å²) in [6, 6.07) is 0.288. The Balaban J connectivity index is 1.42. The van der Waals surface area contributed by atoms with Gasteiger partial charge < -0.3 is 15.5 Å². The molecule has 1 aromatic heterocycles. The molecule has 1 aliphatic carbocycles. The number of amides is 1. The van der Waals surface area contributed by atoms with Crippen LogP contribution in [0.15, 0.2) is 4.99 Å². The van der Waals surface area contributed by atoms with Gasteiger partial charge in [0.25, 0.3) is 0 Å². The van der Waals surface area contributed by atoms with Crippen LogP contribution in [0.4, 0.5) is 0 Å². The van der Waals surface area contributed by atoms with Gasteiger partial charge in [-0.2, -0.15) is 0 Å². The van der Waals surface area contributed by atoms with Crippen molar-refractivity contribution in [1.29, 1.82) is 0 Å². The van der Waals surface area contributed by atoms with Crippen LogP contribution in [0.3, 0.4) is 0 Å². The largest absolute Gasteiger partial charge is 0.356 e. The highest BCUT2D eigenvalue weighted by Gasteiger charge is 2.31. The Labute approximate surface area is 166 Å². The number of hydrogen-bond acceptors (Lipinski definition) is 4. The first-order valence-corrected chi connectivity index (χ1v) is 11.1. The van der Waals surface area contributed by atoms with Crippen molar-refractivity contribution in [2.75, 3.05) is 26.7 Å². The lowest BCUT2D eigenvalue weighted by molar-refractivity contribution is -0.135. The first-order chi connectivity index (χ1) is 13.1. The van der Waals surface area contributed by atoms with Gasteiger partial charge in [0.1, 0.15) is 0 Å². The second-order valence-electron chi connectivity index (χ2n) is 7.74. The smallest absolute Gasteiger partial charge is 0.225 e. The van der Waals surface area contributed by atoms with Gasteiger partial charge in [-0.15, -0.1) is 11.3 Å². The molecule has 1 amide bonds. The topological polar surface area (TPSA) is 69.6 Å². The number of aliphatic imine (C=N–C) groups is 1. The maximum atomic E-state index is 12.7. The monoisotopic (exact) mass is 391 g/mol. The number of rotatable bonds is 5. The Bertz CT molecular complexity index is 665. The van der Waals surface area contributed by atoms with Crippen molar-refractivity contribution in [2.45, 2.75) is 64.8 Å². The van der Waals surface area contributed by atoms with Crippen LogP contribution in [0.1, 0.15) is 54.1 Å². The third kappa shape index (κ3) is 5.43. The average Bonchev–Trinajstić information content (AvgIpc) is 3.27. The molecule has 150 valence electrons. The second-order valence-corrected chi connectivity index (χ2v) is 9.03. The number of nitrogens with one attached hydrogen (secondary N) is 2. The molecule has 0 bridgehead atoms. The highest BCUT2D eigenvalue weighted by Crippen LogP contribution is 2.26. The summed E-state index contributed by atoms with van der Waals surface area (Å²) in [5, 5.41) is 8.02. The summed E-state index contributed by atoms with van der Waals surface area (Å²) >= 11 is 1.77. The number of carbonyl (C=O) groups is 1. The molecule has 2 N–H and O–H groups in total. The molecule has 27 heavy (non-hydrogen) atoms. The predicted octanol–water partition coefficient (Wildman–Crippen LogP) is 2.65. The normalized spacial score (nSPS) is 21.5. The summed E-state index contributed by atoms with van der Waals surface area (Å²) in [5.74, 6) is 1.46. The van der Waals surface area contributed by atoms with Gasteiger partial charge in [0, 0.05) is 49.9 Å². The van der Waals surface area contributed by atoms with E-state index in [9.17, 15) is 4.79 Å². The van der Waals surface area contributed by atoms with Gasteiger partial charge in [-0.3, -0.25) is 9.79 Å². The van der Waals surface area contributed by atoms with Crippen LogP contribution in [0.2, 0.25) is 0 Å². The standard InChI is InChI=1S/C20H33N5OS/c1-14-18(27-15(2)23-14)9-11-22-20(21-3)24-17-10-12-25(13-17)19(26)16-7-5-4-6-8-16/h16-17H,4-13H2,1-3H3,(H2,21,22,24). The van der Waals surface area contributed by atoms with Crippen LogP contribution in [0.5, 0.6) is 0 Å². The molecule has 1 aliphatic heterocycles. The Kier molecular flexibility index (Phi) is 7.10. The lowest BCUT2D eigenvalue weighted by atomic mass is 9.88. The van der Waals surface area contributed by atoms with Gasteiger partial charge in [-0.25, -0.2) is 4.98 Å². The minimum absolute atomic E-state index is 0.265. The SMILES string of the molecule is CN=C(NCCc1sc(C)nc1C)NC1CCN(C(=O)C2CCCCC2)C1. The van der Waals surface area contributed by atoms with Crippen LogP contribution in [-0.2, 0) is 11.2 Å². The van der Waals surface area contributed by atoms with Gasteiger partial charge in [-0.1, -0.05) is 19.3 Å². The first-order valence-electron chi connectivity index (χ1n) is 10.3. The van der Waals surface area contributed by atoms with E-state index in [0.29, 0.717) is 5.91 Å². The summed E-state index contributed by atoms with van der Waals surface area (Å²) in [7, 11) is 1.80. The molecule has 2 aliphatic rings.